The van der Waals surface area contributed by atoms with Gasteiger partial charge in [0.2, 0.25) is 0 Å². The van der Waals surface area contributed by atoms with Gasteiger partial charge in [-0.25, -0.2) is 13.4 Å². The lowest BCUT2D eigenvalue weighted by molar-refractivity contribution is 0.341. The first-order chi connectivity index (χ1) is 8.55. The summed E-state index contributed by atoms with van der Waals surface area (Å²) in [6, 6.07) is 0.0749. The molecule has 5 nitrogen and oxygen atoms in total. The number of hydrogen-bond donors (Lipinski definition) is 1. The molecule has 0 aromatic carbocycles. The molecule has 1 aliphatic rings. The van der Waals surface area contributed by atoms with Crippen molar-refractivity contribution in [1.82, 2.24) is 14.3 Å². The number of aryl methyl sites for hydroxylation is 1. The van der Waals surface area contributed by atoms with Crippen LogP contribution in [0.15, 0.2) is 11.2 Å². The Labute approximate surface area is 109 Å². The summed E-state index contributed by atoms with van der Waals surface area (Å²) in [5.41, 5.74) is 0. The summed E-state index contributed by atoms with van der Waals surface area (Å²) in [5, 5.41) is 0.230. The van der Waals surface area contributed by atoms with E-state index in [0.29, 0.717) is 13.0 Å². The van der Waals surface area contributed by atoms with E-state index in [1.807, 2.05) is 13.8 Å². The van der Waals surface area contributed by atoms with Crippen LogP contribution in [-0.4, -0.2) is 35.3 Å². The van der Waals surface area contributed by atoms with E-state index < -0.39 is 10.0 Å². The van der Waals surface area contributed by atoms with E-state index in [-0.39, 0.29) is 11.1 Å². The summed E-state index contributed by atoms with van der Waals surface area (Å²) in [6.45, 7) is 4.55. The van der Waals surface area contributed by atoms with Gasteiger partial charge in [0, 0.05) is 19.0 Å². The highest BCUT2D eigenvalue weighted by atomic mass is 32.2. The number of nitrogens with zero attached hydrogens (tertiary/aromatic N) is 2. The third-order valence-electron chi connectivity index (χ3n) is 3.52. The molecule has 0 spiro atoms. The SMILES string of the molecule is CCc1ncc(S(=O)(=O)N2CCCCCC2C)[nH]1. The largest absolute Gasteiger partial charge is 0.332 e. The maximum atomic E-state index is 12.5. The second-order valence-electron chi connectivity index (χ2n) is 4.86. The van der Waals surface area contributed by atoms with Crippen LogP contribution in [0.25, 0.3) is 0 Å². The molecule has 0 aliphatic carbocycles. The smallest absolute Gasteiger partial charge is 0.260 e. The molecule has 1 saturated heterocycles. The van der Waals surface area contributed by atoms with Crippen LogP contribution in [0.1, 0.15) is 45.4 Å². The number of H-pyrrole nitrogens is 1. The summed E-state index contributed by atoms with van der Waals surface area (Å²) in [7, 11) is -3.41. The standard InChI is InChI=1S/C12H21N3O2S/c1-3-11-13-9-12(14-11)18(16,17)15-8-6-4-5-7-10(15)2/h9-10H,3-8H2,1-2H3,(H,13,14). The fraction of sp³-hybridized carbons (Fsp3) is 0.750. The molecule has 0 saturated carbocycles. The number of sulfonamides is 1. The van der Waals surface area contributed by atoms with Crippen LogP contribution in [0.5, 0.6) is 0 Å². The molecule has 6 heteroatoms. The highest BCUT2D eigenvalue weighted by molar-refractivity contribution is 7.89. The van der Waals surface area contributed by atoms with Crippen molar-refractivity contribution in [1.29, 1.82) is 0 Å². The van der Waals surface area contributed by atoms with Crippen molar-refractivity contribution in [2.45, 2.75) is 57.0 Å². The van der Waals surface area contributed by atoms with Gasteiger partial charge < -0.3 is 4.98 Å². The molecule has 1 aromatic rings. The Bertz CT molecular complexity index is 495. The number of aromatic nitrogens is 2. The highest BCUT2D eigenvalue weighted by Gasteiger charge is 2.31. The van der Waals surface area contributed by atoms with Gasteiger partial charge in [-0.05, 0) is 19.8 Å². The maximum absolute atomic E-state index is 12.5. The Morgan fingerprint density at radius 1 is 1.44 bits per heavy atom. The molecule has 1 aliphatic heterocycles. The normalized spacial score (nSPS) is 22.9. The lowest BCUT2D eigenvalue weighted by atomic mass is 10.1. The molecule has 0 radical (unpaired) electrons. The highest BCUT2D eigenvalue weighted by Crippen LogP contribution is 2.23. The van der Waals surface area contributed by atoms with Crippen LogP contribution < -0.4 is 0 Å². The number of nitrogens with one attached hydrogen (secondary N) is 1. The minimum Gasteiger partial charge on any atom is -0.332 e. The van der Waals surface area contributed by atoms with Crippen LogP contribution >= 0.6 is 0 Å². The zero-order valence-electron chi connectivity index (χ0n) is 11.0. The van der Waals surface area contributed by atoms with Gasteiger partial charge in [0.15, 0.2) is 5.03 Å². The van der Waals surface area contributed by atoms with Crippen LogP contribution in [0, 0.1) is 0 Å². The molecule has 1 fully saturated rings. The van der Waals surface area contributed by atoms with E-state index in [1.54, 1.807) is 4.31 Å². The molecular formula is C12H21N3O2S. The predicted molar refractivity (Wildman–Crippen MR) is 69.8 cm³/mol. The Morgan fingerprint density at radius 2 is 2.22 bits per heavy atom. The first-order valence-corrected chi connectivity index (χ1v) is 8.05. The summed E-state index contributed by atoms with van der Waals surface area (Å²) in [6.07, 6.45) is 6.25. The van der Waals surface area contributed by atoms with Gasteiger partial charge in [-0.3, -0.25) is 0 Å². The Morgan fingerprint density at radius 3 is 2.89 bits per heavy atom. The van der Waals surface area contributed by atoms with Gasteiger partial charge in [0.1, 0.15) is 5.82 Å². The number of imidazole rings is 1. The van der Waals surface area contributed by atoms with Crippen molar-refractivity contribution in [3.63, 3.8) is 0 Å². The number of aromatic amines is 1. The minimum atomic E-state index is -3.41. The van der Waals surface area contributed by atoms with E-state index in [2.05, 4.69) is 9.97 Å². The Hall–Kier alpha value is -0.880. The quantitative estimate of drug-likeness (QED) is 0.913. The lowest BCUT2D eigenvalue weighted by Gasteiger charge is -2.25. The van der Waals surface area contributed by atoms with Crippen molar-refractivity contribution in [3.8, 4) is 0 Å². The zero-order valence-corrected chi connectivity index (χ0v) is 11.8. The molecular weight excluding hydrogens is 250 g/mol. The Kier molecular flexibility index (Phi) is 4.07. The first-order valence-electron chi connectivity index (χ1n) is 6.61. The summed E-state index contributed by atoms with van der Waals surface area (Å²) >= 11 is 0. The van der Waals surface area contributed by atoms with E-state index in [9.17, 15) is 8.42 Å². The van der Waals surface area contributed by atoms with Gasteiger partial charge in [-0.1, -0.05) is 19.8 Å². The van der Waals surface area contributed by atoms with Gasteiger partial charge in [0.25, 0.3) is 10.0 Å². The maximum Gasteiger partial charge on any atom is 0.260 e. The van der Waals surface area contributed by atoms with E-state index in [1.165, 1.54) is 6.20 Å². The summed E-state index contributed by atoms with van der Waals surface area (Å²) in [4.78, 5) is 6.98. The van der Waals surface area contributed by atoms with Gasteiger partial charge >= 0.3 is 0 Å². The molecule has 1 atom stereocenters. The second kappa shape index (κ2) is 5.40. The first kappa shape index (κ1) is 13.5. The monoisotopic (exact) mass is 271 g/mol. The average molecular weight is 271 g/mol. The molecule has 1 aromatic heterocycles. The average Bonchev–Trinajstić information content (AvgIpc) is 2.72. The lowest BCUT2D eigenvalue weighted by Crippen LogP contribution is -2.38. The topological polar surface area (TPSA) is 66.1 Å². The molecule has 1 unspecified atom stereocenters. The molecule has 102 valence electrons. The molecule has 1 N–H and O–H groups in total. The fourth-order valence-electron chi connectivity index (χ4n) is 2.39. The summed E-state index contributed by atoms with van der Waals surface area (Å²) in [5.74, 6) is 0.719. The second-order valence-corrected chi connectivity index (χ2v) is 6.72. The molecule has 2 rings (SSSR count). The van der Waals surface area contributed by atoms with Crippen molar-refractivity contribution in [3.05, 3.63) is 12.0 Å². The fourth-order valence-corrected chi connectivity index (χ4v) is 4.02. The third-order valence-corrected chi connectivity index (χ3v) is 5.44. The molecule has 2 heterocycles. The zero-order chi connectivity index (χ0) is 13.2. The van der Waals surface area contributed by atoms with Gasteiger partial charge in [-0.15, -0.1) is 0 Å². The van der Waals surface area contributed by atoms with E-state index >= 15 is 0 Å². The molecule has 18 heavy (non-hydrogen) atoms. The summed E-state index contributed by atoms with van der Waals surface area (Å²) < 4.78 is 26.7. The van der Waals surface area contributed by atoms with Gasteiger partial charge in [0.05, 0.1) is 6.20 Å². The van der Waals surface area contributed by atoms with Crippen LogP contribution in [0.4, 0.5) is 0 Å². The van der Waals surface area contributed by atoms with E-state index in [0.717, 1.165) is 31.5 Å². The minimum absolute atomic E-state index is 0.0749. The van der Waals surface area contributed by atoms with E-state index in [4.69, 9.17) is 0 Å². The van der Waals surface area contributed by atoms with Crippen LogP contribution in [-0.2, 0) is 16.4 Å². The van der Waals surface area contributed by atoms with Crippen molar-refractivity contribution in [2.75, 3.05) is 6.54 Å². The van der Waals surface area contributed by atoms with Crippen molar-refractivity contribution >= 4 is 10.0 Å². The number of rotatable bonds is 3. The van der Waals surface area contributed by atoms with Crippen LogP contribution in [0.3, 0.4) is 0 Å². The van der Waals surface area contributed by atoms with Crippen LogP contribution in [0.2, 0.25) is 0 Å². The van der Waals surface area contributed by atoms with Crippen molar-refractivity contribution < 1.29 is 8.42 Å². The third kappa shape index (κ3) is 2.59. The number of hydrogen-bond acceptors (Lipinski definition) is 3. The molecule has 0 bridgehead atoms. The van der Waals surface area contributed by atoms with Crippen molar-refractivity contribution in [2.24, 2.45) is 0 Å². The predicted octanol–water partition coefficient (Wildman–Crippen LogP) is 1.93. The molecule has 0 amide bonds. The van der Waals surface area contributed by atoms with Gasteiger partial charge in [-0.2, -0.15) is 4.31 Å². The Balaban J connectivity index is 2.28.